The molecule has 1 aromatic carbocycles. The molecular weight excluding hydrogens is 279 g/mol. The number of ether oxygens (including phenoxy) is 2. The number of thiazole rings is 1. The molecule has 0 unspecified atom stereocenters. The van der Waals surface area contributed by atoms with Crippen LogP contribution in [0.5, 0.6) is 5.75 Å². The maximum absolute atomic E-state index is 13.8. The zero-order chi connectivity index (χ0) is 13.8. The Morgan fingerprint density at radius 1 is 1.37 bits per heavy atom. The highest BCUT2D eigenvalue weighted by atomic mass is 32.1. The van der Waals surface area contributed by atoms with Crippen molar-refractivity contribution in [3.63, 3.8) is 0 Å². The molecule has 0 atom stereocenters. The summed E-state index contributed by atoms with van der Waals surface area (Å²) in [6.07, 6.45) is 0. The average molecular weight is 289 g/mol. The van der Waals surface area contributed by atoms with E-state index in [2.05, 4.69) is 9.72 Å². The van der Waals surface area contributed by atoms with Crippen molar-refractivity contribution in [3.05, 3.63) is 35.1 Å². The van der Waals surface area contributed by atoms with Gasteiger partial charge >= 0.3 is 6.61 Å². The fraction of sp³-hybridized carbons (Fsp3) is 0.250. The van der Waals surface area contributed by atoms with Crippen LogP contribution in [0, 0.1) is 5.82 Å². The van der Waals surface area contributed by atoms with Crippen LogP contribution >= 0.6 is 11.3 Å². The standard InChI is InChI=1S/C12H10F3NO2S/c1-17-5-7-6-19-11(16-7)10-8(13)3-2-4-9(10)18-12(14)15/h2-4,6,12H,5H2,1H3. The van der Waals surface area contributed by atoms with Gasteiger partial charge in [0.05, 0.1) is 17.9 Å². The normalized spacial score (nSPS) is 11.0. The second-order valence-electron chi connectivity index (χ2n) is 3.57. The van der Waals surface area contributed by atoms with Crippen LogP contribution in [0.25, 0.3) is 10.6 Å². The highest BCUT2D eigenvalue weighted by Crippen LogP contribution is 2.35. The number of alkyl halides is 2. The lowest BCUT2D eigenvalue weighted by Crippen LogP contribution is -2.04. The summed E-state index contributed by atoms with van der Waals surface area (Å²) in [5, 5.41) is 1.96. The highest BCUT2D eigenvalue weighted by Gasteiger charge is 2.18. The molecule has 0 aliphatic carbocycles. The molecule has 2 rings (SSSR count). The summed E-state index contributed by atoms with van der Waals surface area (Å²) < 4.78 is 47.6. The quantitative estimate of drug-likeness (QED) is 0.841. The van der Waals surface area contributed by atoms with Crippen LogP contribution in [0.2, 0.25) is 0 Å². The molecule has 0 saturated carbocycles. The first kappa shape index (κ1) is 13.8. The minimum absolute atomic E-state index is 0.0600. The Morgan fingerprint density at radius 3 is 2.84 bits per heavy atom. The topological polar surface area (TPSA) is 31.4 Å². The van der Waals surface area contributed by atoms with E-state index in [1.807, 2.05) is 0 Å². The molecule has 0 saturated heterocycles. The first-order valence-electron chi connectivity index (χ1n) is 5.29. The van der Waals surface area contributed by atoms with E-state index in [9.17, 15) is 13.2 Å². The van der Waals surface area contributed by atoms with Crippen LogP contribution in [0.4, 0.5) is 13.2 Å². The number of hydrogen-bond donors (Lipinski definition) is 0. The second-order valence-corrected chi connectivity index (χ2v) is 4.43. The van der Waals surface area contributed by atoms with Crippen LogP contribution in [0.1, 0.15) is 5.69 Å². The molecule has 0 spiro atoms. The fourth-order valence-corrected chi connectivity index (χ4v) is 2.40. The number of hydrogen-bond acceptors (Lipinski definition) is 4. The molecule has 19 heavy (non-hydrogen) atoms. The van der Waals surface area contributed by atoms with Crippen LogP contribution in [0.3, 0.4) is 0 Å². The van der Waals surface area contributed by atoms with Gasteiger partial charge in [-0.3, -0.25) is 0 Å². The molecule has 0 fully saturated rings. The number of aromatic nitrogens is 1. The van der Waals surface area contributed by atoms with E-state index in [-0.39, 0.29) is 22.9 Å². The zero-order valence-corrected chi connectivity index (χ0v) is 10.7. The Kier molecular flexibility index (Phi) is 4.39. The largest absolute Gasteiger partial charge is 0.434 e. The third-order valence-corrected chi connectivity index (χ3v) is 3.16. The van der Waals surface area contributed by atoms with Gasteiger partial charge < -0.3 is 9.47 Å². The summed E-state index contributed by atoms with van der Waals surface area (Å²) >= 11 is 1.14. The molecule has 0 bridgehead atoms. The summed E-state index contributed by atoms with van der Waals surface area (Å²) in [5.41, 5.74) is 0.545. The summed E-state index contributed by atoms with van der Waals surface area (Å²) in [6, 6.07) is 3.76. The van der Waals surface area contributed by atoms with Gasteiger partial charge in [0, 0.05) is 12.5 Å². The van der Waals surface area contributed by atoms with Gasteiger partial charge in [0.25, 0.3) is 0 Å². The molecule has 0 amide bonds. The summed E-state index contributed by atoms with van der Waals surface area (Å²) in [6.45, 7) is -2.74. The lowest BCUT2D eigenvalue weighted by Gasteiger charge is -2.09. The molecule has 0 radical (unpaired) electrons. The molecule has 3 nitrogen and oxygen atoms in total. The van der Waals surface area contributed by atoms with Crippen LogP contribution in [0.15, 0.2) is 23.6 Å². The lowest BCUT2D eigenvalue weighted by molar-refractivity contribution is -0.0495. The molecule has 0 aliphatic rings. The van der Waals surface area contributed by atoms with E-state index < -0.39 is 12.4 Å². The predicted octanol–water partition coefficient (Wildman–Crippen LogP) is 3.70. The number of nitrogens with zero attached hydrogens (tertiary/aromatic N) is 1. The first-order valence-corrected chi connectivity index (χ1v) is 6.17. The van der Waals surface area contributed by atoms with Crippen molar-refractivity contribution in [2.45, 2.75) is 13.2 Å². The first-order chi connectivity index (χ1) is 9.11. The van der Waals surface area contributed by atoms with Gasteiger partial charge in [-0.25, -0.2) is 9.37 Å². The molecule has 1 heterocycles. The van der Waals surface area contributed by atoms with Crippen LogP contribution in [-0.4, -0.2) is 18.7 Å². The minimum atomic E-state index is -3.01. The molecular formula is C12H10F3NO2S. The summed E-state index contributed by atoms with van der Waals surface area (Å²) in [5.74, 6) is -0.884. The van der Waals surface area contributed by atoms with Gasteiger partial charge in [-0.2, -0.15) is 8.78 Å². The van der Waals surface area contributed by atoms with Crippen molar-refractivity contribution in [3.8, 4) is 16.3 Å². The number of halogens is 3. The van der Waals surface area contributed by atoms with Gasteiger partial charge in [-0.05, 0) is 12.1 Å². The van der Waals surface area contributed by atoms with Gasteiger partial charge in [-0.1, -0.05) is 6.07 Å². The van der Waals surface area contributed by atoms with E-state index in [0.717, 1.165) is 11.3 Å². The maximum Gasteiger partial charge on any atom is 0.387 e. The van der Waals surface area contributed by atoms with E-state index in [1.54, 1.807) is 5.38 Å². The monoisotopic (exact) mass is 289 g/mol. The van der Waals surface area contributed by atoms with Crippen molar-refractivity contribution >= 4 is 11.3 Å². The molecule has 2 aromatic rings. The minimum Gasteiger partial charge on any atom is -0.434 e. The van der Waals surface area contributed by atoms with Crippen molar-refractivity contribution in [2.75, 3.05) is 7.11 Å². The summed E-state index contributed by atoms with van der Waals surface area (Å²) in [7, 11) is 1.51. The number of benzene rings is 1. The summed E-state index contributed by atoms with van der Waals surface area (Å²) in [4.78, 5) is 4.13. The Balaban J connectivity index is 2.41. The third-order valence-electron chi connectivity index (χ3n) is 2.25. The van der Waals surface area contributed by atoms with Crippen LogP contribution < -0.4 is 4.74 Å². The van der Waals surface area contributed by atoms with Gasteiger partial charge in [0.15, 0.2) is 0 Å². The van der Waals surface area contributed by atoms with Gasteiger partial charge in [0.2, 0.25) is 0 Å². The smallest absolute Gasteiger partial charge is 0.387 e. The predicted molar refractivity (Wildman–Crippen MR) is 64.9 cm³/mol. The third kappa shape index (κ3) is 3.24. The average Bonchev–Trinajstić information content (AvgIpc) is 2.77. The SMILES string of the molecule is COCc1csc(-c2c(F)cccc2OC(F)F)n1. The Morgan fingerprint density at radius 2 is 2.16 bits per heavy atom. The van der Waals surface area contributed by atoms with E-state index in [1.165, 1.54) is 25.3 Å². The Labute approximate surface area is 111 Å². The van der Waals surface area contributed by atoms with E-state index in [0.29, 0.717) is 5.69 Å². The molecule has 7 heteroatoms. The highest BCUT2D eigenvalue weighted by molar-refractivity contribution is 7.13. The Bertz CT molecular complexity index is 560. The molecule has 102 valence electrons. The van der Waals surface area contributed by atoms with Crippen LogP contribution in [-0.2, 0) is 11.3 Å². The molecule has 0 aliphatic heterocycles. The zero-order valence-electron chi connectivity index (χ0n) is 9.90. The lowest BCUT2D eigenvalue weighted by atomic mass is 10.2. The van der Waals surface area contributed by atoms with Gasteiger partial charge in [-0.15, -0.1) is 11.3 Å². The van der Waals surface area contributed by atoms with Gasteiger partial charge in [0.1, 0.15) is 16.6 Å². The van der Waals surface area contributed by atoms with Crippen molar-refractivity contribution < 1.29 is 22.6 Å². The Hall–Kier alpha value is -1.60. The molecule has 1 aromatic heterocycles. The van der Waals surface area contributed by atoms with Crippen molar-refractivity contribution in [2.24, 2.45) is 0 Å². The van der Waals surface area contributed by atoms with E-state index in [4.69, 9.17) is 4.74 Å². The molecule has 0 N–H and O–H groups in total. The van der Waals surface area contributed by atoms with E-state index >= 15 is 0 Å². The van der Waals surface area contributed by atoms with Crippen molar-refractivity contribution in [1.82, 2.24) is 4.98 Å². The fourth-order valence-electron chi connectivity index (χ4n) is 1.54. The maximum atomic E-state index is 13.8. The second kappa shape index (κ2) is 6.03. The number of rotatable bonds is 5. The van der Waals surface area contributed by atoms with Crippen molar-refractivity contribution in [1.29, 1.82) is 0 Å². The number of methoxy groups -OCH3 is 1.